The molecule has 120 valence electrons. The molecule has 0 saturated carbocycles. The summed E-state index contributed by atoms with van der Waals surface area (Å²) in [6.07, 6.45) is -4.76. The van der Waals surface area contributed by atoms with Crippen molar-refractivity contribution in [2.45, 2.75) is 20.2 Å². The first kappa shape index (κ1) is 15.2. The zero-order valence-corrected chi connectivity index (χ0v) is 12.4. The molecule has 0 spiro atoms. The van der Waals surface area contributed by atoms with Crippen molar-refractivity contribution >= 4 is 0 Å². The summed E-state index contributed by atoms with van der Waals surface area (Å²) in [7, 11) is 0. The third-order valence-electron chi connectivity index (χ3n) is 3.35. The number of hydrogen-bond acceptors (Lipinski definition) is 3. The summed E-state index contributed by atoms with van der Waals surface area (Å²) in [6, 6.07) is 9.06. The maximum Gasteiger partial charge on any atom is 0.573 e. The van der Waals surface area contributed by atoms with E-state index in [1.54, 1.807) is 18.2 Å². The number of halogens is 3. The Labute approximate surface area is 129 Å². The van der Waals surface area contributed by atoms with Crippen LogP contribution in [0.15, 0.2) is 40.8 Å². The number of ether oxygens (including phenoxy) is 1. The van der Waals surface area contributed by atoms with Crippen molar-refractivity contribution in [1.29, 1.82) is 0 Å². The van der Waals surface area contributed by atoms with E-state index >= 15 is 0 Å². The van der Waals surface area contributed by atoms with Gasteiger partial charge in [-0.3, -0.25) is 0 Å². The van der Waals surface area contributed by atoms with Crippen LogP contribution in [0.2, 0.25) is 0 Å². The molecule has 1 aromatic carbocycles. The van der Waals surface area contributed by atoms with Crippen LogP contribution in [0.4, 0.5) is 13.2 Å². The second kappa shape index (κ2) is 5.49. The van der Waals surface area contributed by atoms with E-state index in [2.05, 4.69) is 14.7 Å². The molecule has 0 saturated heterocycles. The number of nitrogens with zero attached hydrogens (tertiary/aromatic N) is 1. The molecule has 3 aromatic rings. The van der Waals surface area contributed by atoms with Gasteiger partial charge in [0.1, 0.15) is 11.5 Å². The van der Waals surface area contributed by atoms with Crippen molar-refractivity contribution in [1.82, 2.24) is 9.97 Å². The fourth-order valence-corrected chi connectivity index (χ4v) is 2.16. The van der Waals surface area contributed by atoms with E-state index in [4.69, 9.17) is 4.42 Å². The zero-order chi connectivity index (χ0) is 16.6. The summed E-state index contributed by atoms with van der Waals surface area (Å²) in [6.45, 7) is 3.73. The highest BCUT2D eigenvalue weighted by Gasteiger charge is 2.32. The number of hydrogen-bond donors (Lipinski definition) is 1. The number of para-hydroxylation sites is 1. The number of aromatic nitrogens is 2. The molecular formula is C16H13F3N2O2. The molecule has 0 aliphatic heterocycles. The van der Waals surface area contributed by atoms with Crippen LogP contribution in [0, 0.1) is 13.8 Å². The van der Waals surface area contributed by atoms with E-state index < -0.39 is 6.36 Å². The van der Waals surface area contributed by atoms with Gasteiger partial charge < -0.3 is 14.1 Å². The Kier molecular flexibility index (Phi) is 3.63. The SMILES string of the molecule is Cc1nc(-c2ccc(-c3ccccc3OC(F)(F)F)o2)[nH]c1C. The summed E-state index contributed by atoms with van der Waals surface area (Å²) in [5, 5.41) is 0. The van der Waals surface area contributed by atoms with Crippen LogP contribution in [-0.2, 0) is 0 Å². The lowest BCUT2D eigenvalue weighted by molar-refractivity contribution is -0.274. The monoisotopic (exact) mass is 322 g/mol. The first-order valence-corrected chi connectivity index (χ1v) is 6.82. The fraction of sp³-hybridized carbons (Fsp3) is 0.188. The summed E-state index contributed by atoms with van der Waals surface area (Å²) >= 11 is 0. The topological polar surface area (TPSA) is 51.1 Å². The van der Waals surface area contributed by atoms with E-state index in [-0.39, 0.29) is 17.1 Å². The quantitative estimate of drug-likeness (QED) is 0.750. The van der Waals surface area contributed by atoms with Gasteiger partial charge >= 0.3 is 6.36 Å². The second-order valence-electron chi connectivity index (χ2n) is 5.00. The standard InChI is InChI=1S/C16H13F3N2O2/c1-9-10(2)21-15(20-9)14-8-7-12(22-14)11-5-3-4-6-13(11)23-16(17,18)19/h3-8H,1-2H3,(H,20,21). The van der Waals surface area contributed by atoms with Crippen LogP contribution < -0.4 is 4.74 Å². The lowest BCUT2D eigenvalue weighted by Gasteiger charge is -2.11. The molecule has 0 bridgehead atoms. The molecule has 0 aliphatic rings. The van der Waals surface area contributed by atoms with Crippen LogP contribution in [0.1, 0.15) is 11.4 Å². The Bertz CT molecular complexity index is 814. The highest BCUT2D eigenvalue weighted by molar-refractivity contribution is 5.68. The first-order valence-electron chi connectivity index (χ1n) is 6.82. The van der Waals surface area contributed by atoms with Gasteiger partial charge in [0.25, 0.3) is 0 Å². The molecule has 0 fully saturated rings. The van der Waals surface area contributed by atoms with Crippen molar-refractivity contribution < 1.29 is 22.3 Å². The minimum absolute atomic E-state index is 0.219. The maximum absolute atomic E-state index is 12.5. The van der Waals surface area contributed by atoms with E-state index in [9.17, 15) is 13.2 Å². The van der Waals surface area contributed by atoms with Crippen LogP contribution >= 0.6 is 0 Å². The molecule has 0 radical (unpaired) electrons. The Balaban J connectivity index is 1.98. The summed E-state index contributed by atoms with van der Waals surface area (Å²) < 4.78 is 47.1. The van der Waals surface area contributed by atoms with Gasteiger partial charge in [0.05, 0.1) is 11.3 Å². The Hall–Kier alpha value is -2.70. The van der Waals surface area contributed by atoms with E-state index in [1.165, 1.54) is 18.2 Å². The molecule has 23 heavy (non-hydrogen) atoms. The summed E-state index contributed by atoms with van der Waals surface area (Å²) in [4.78, 5) is 7.37. The average molecular weight is 322 g/mol. The second-order valence-corrected chi connectivity index (χ2v) is 5.00. The molecule has 4 nitrogen and oxygen atoms in total. The fourth-order valence-electron chi connectivity index (χ4n) is 2.16. The molecule has 2 aromatic heterocycles. The summed E-state index contributed by atoms with van der Waals surface area (Å²) in [5.74, 6) is 0.928. The average Bonchev–Trinajstić information content (AvgIpc) is 3.06. The van der Waals surface area contributed by atoms with Crippen LogP contribution in [0.5, 0.6) is 5.75 Å². The van der Waals surface area contributed by atoms with E-state index in [0.29, 0.717) is 11.6 Å². The van der Waals surface area contributed by atoms with Gasteiger partial charge in [0.15, 0.2) is 11.6 Å². The first-order chi connectivity index (χ1) is 10.8. The molecule has 0 unspecified atom stereocenters. The van der Waals surface area contributed by atoms with Crippen molar-refractivity contribution in [3.63, 3.8) is 0 Å². The lowest BCUT2D eigenvalue weighted by atomic mass is 10.1. The van der Waals surface area contributed by atoms with Crippen molar-refractivity contribution in [2.75, 3.05) is 0 Å². The van der Waals surface area contributed by atoms with Crippen LogP contribution in [0.25, 0.3) is 22.9 Å². The van der Waals surface area contributed by atoms with E-state index in [0.717, 1.165) is 11.4 Å². The van der Waals surface area contributed by atoms with Gasteiger partial charge in [-0.05, 0) is 38.1 Å². The highest BCUT2D eigenvalue weighted by atomic mass is 19.4. The largest absolute Gasteiger partial charge is 0.573 e. The molecule has 2 heterocycles. The number of imidazole rings is 1. The van der Waals surface area contributed by atoms with Crippen molar-refractivity contribution in [3.8, 4) is 28.7 Å². The Morgan fingerprint density at radius 3 is 2.39 bits per heavy atom. The number of alkyl halides is 3. The third-order valence-corrected chi connectivity index (χ3v) is 3.35. The number of furan rings is 1. The number of nitrogens with one attached hydrogen (secondary N) is 1. The van der Waals surface area contributed by atoms with E-state index in [1.807, 2.05) is 13.8 Å². The predicted molar refractivity (Wildman–Crippen MR) is 77.9 cm³/mol. The van der Waals surface area contributed by atoms with Crippen LogP contribution in [-0.4, -0.2) is 16.3 Å². The van der Waals surface area contributed by atoms with Gasteiger partial charge in [-0.15, -0.1) is 13.2 Å². The number of aryl methyl sites for hydroxylation is 2. The normalized spacial score (nSPS) is 11.7. The zero-order valence-electron chi connectivity index (χ0n) is 12.4. The van der Waals surface area contributed by atoms with Crippen molar-refractivity contribution in [2.24, 2.45) is 0 Å². The molecule has 1 N–H and O–H groups in total. The van der Waals surface area contributed by atoms with Gasteiger partial charge in [0.2, 0.25) is 0 Å². The number of rotatable bonds is 3. The highest BCUT2D eigenvalue weighted by Crippen LogP contribution is 2.36. The molecule has 7 heteroatoms. The number of benzene rings is 1. The summed E-state index contributed by atoms with van der Waals surface area (Å²) in [5.41, 5.74) is 1.95. The molecule has 3 rings (SSSR count). The van der Waals surface area contributed by atoms with Crippen LogP contribution in [0.3, 0.4) is 0 Å². The molecular weight excluding hydrogens is 309 g/mol. The molecule has 0 atom stereocenters. The third kappa shape index (κ3) is 3.23. The van der Waals surface area contributed by atoms with Gasteiger partial charge in [-0.1, -0.05) is 12.1 Å². The molecule has 0 amide bonds. The Morgan fingerprint density at radius 1 is 1.04 bits per heavy atom. The number of aromatic amines is 1. The van der Waals surface area contributed by atoms with Gasteiger partial charge in [0, 0.05) is 5.69 Å². The van der Waals surface area contributed by atoms with Gasteiger partial charge in [-0.25, -0.2) is 4.98 Å². The predicted octanol–water partition coefficient (Wildman–Crippen LogP) is 4.85. The minimum atomic E-state index is -4.76. The lowest BCUT2D eigenvalue weighted by Crippen LogP contribution is -2.17. The smallest absolute Gasteiger partial charge is 0.453 e. The van der Waals surface area contributed by atoms with Crippen molar-refractivity contribution in [3.05, 3.63) is 47.8 Å². The minimum Gasteiger partial charge on any atom is -0.453 e. The number of H-pyrrole nitrogens is 1. The Morgan fingerprint density at radius 2 is 1.74 bits per heavy atom. The maximum atomic E-state index is 12.5. The molecule has 0 aliphatic carbocycles. The van der Waals surface area contributed by atoms with Gasteiger partial charge in [-0.2, -0.15) is 0 Å².